The molecule has 3 aliphatic heterocycles. The molecule has 0 bridgehead atoms. The number of nitrogens with one attached hydrogen (secondary N) is 1. The second-order valence-corrected chi connectivity index (χ2v) is 12.6. The number of anilines is 2. The van der Waals surface area contributed by atoms with E-state index in [9.17, 15) is 14.7 Å². The van der Waals surface area contributed by atoms with Crippen molar-refractivity contribution in [2.45, 2.75) is 51.4 Å². The lowest BCUT2D eigenvalue weighted by molar-refractivity contribution is -0.122. The van der Waals surface area contributed by atoms with Gasteiger partial charge in [0.05, 0.1) is 5.69 Å². The van der Waals surface area contributed by atoms with E-state index in [4.69, 9.17) is 17.0 Å². The third-order valence-electron chi connectivity index (χ3n) is 8.51. The van der Waals surface area contributed by atoms with Crippen LogP contribution < -0.4 is 19.9 Å². The molecule has 0 atom stereocenters. The number of aromatic hydroxyl groups is 1. The molecule has 2 amide bonds. The molecular formula is C33H33N3O4S. The first-order chi connectivity index (χ1) is 19.5. The van der Waals surface area contributed by atoms with Crippen molar-refractivity contribution in [1.29, 1.82) is 0 Å². The number of phenolic OH excluding ortho intramolecular Hbond substituents is 1. The Balaban J connectivity index is 1.39. The number of benzene rings is 3. The highest BCUT2D eigenvalue weighted by atomic mass is 32.1. The van der Waals surface area contributed by atoms with Gasteiger partial charge in [-0.2, -0.15) is 0 Å². The summed E-state index contributed by atoms with van der Waals surface area (Å²) in [7, 11) is 0. The van der Waals surface area contributed by atoms with Crippen LogP contribution in [-0.4, -0.2) is 35.1 Å². The van der Waals surface area contributed by atoms with Crippen molar-refractivity contribution in [1.82, 2.24) is 5.32 Å². The number of nitrogens with zero attached hydrogens (tertiary/aromatic N) is 2. The van der Waals surface area contributed by atoms with Gasteiger partial charge in [0.15, 0.2) is 5.11 Å². The van der Waals surface area contributed by atoms with Crippen molar-refractivity contribution < 1.29 is 19.4 Å². The molecule has 0 unspecified atom stereocenters. The molecule has 0 spiro atoms. The SMILES string of the molecule is CC1(C)CCN2CCC(C)(C)c3c(O)c(C=C4C(=O)NC(=S)N(c5ccc(Oc6ccccc6)cc5)C4=O)cc1c32. The lowest BCUT2D eigenvalue weighted by Crippen LogP contribution is -2.54. The van der Waals surface area contributed by atoms with Gasteiger partial charge in [-0.05, 0) is 90.0 Å². The quantitative estimate of drug-likeness (QED) is 0.223. The third kappa shape index (κ3) is 4.66. The van der Waals surface area contributed by atoms with Crippen LogP contribution in [0.1, 0.15) is 57.2 Å². The second kappa shape index (κ2) is 9.73. The Morgan fingerprint density at radius 3 is 2.24 bits per heavy atom. The zero-order valence-corrected chi connectivity index (χ0v) is 24.5. The molecule has 3 aromatic rings. The first kappa shape index (κ1) is 27.0. The molecule has 0 aliphatic carbocycles. The van der Waals surface area contributed by atoms with Crippen LogP contribution >= 0.6 is 12.2 Å². The van der Waals surface area contributed by atoms with Gasteiger partial charge in [0, 0.05) is 29.9 Å². The van der Waals surface area contributed by atoms with Gasteiger partial charge in [0.25, 0.3) is 11.8 Å². The normalized spacial score (nSPS) is 20.1. The zero-order valence-electron chi connectivity index (χ0n) is 23.7. The van der Waals surface area contributed by atoms with Crippen LogP contribution in [0.15, 0.2) is 66.2 Å². The average Bonchev–Trinajstić information content (AvgIpc) is 2.92. The molecule has 210 valence electrons. The van der Waals surface area contributed by atoms with Crippen molar-refractivity contribution in [2.24, 2.45) is 0 Å². The molecule has 6 rings (SSSR count). The van der Waals surface area contributed by atoms with Crippen LogP contribution in [-0.2, 0) is 20.4 Å². The Morgan fingerprint density at radius 1 is 0.927 bits per heavy atom. The Bertz CT molecular complexity index is 1610. The van der Waals surface area contributed by atoms with Crippen molar-refractivity contribution in [2.75, 3.05) is 22.9 Å². The van der Waals surface area contributed by atoms with Crippen molar-refractivity contribution in [3.05, 3.63) is 82.9 Å². The first-order valence-corrected chi connectivity index (χ1v) is 14.3. The minimum Gasteiger partial charge on any atom is -0.507 e. The number of thiocarbonyl (C=S) groups is 1. The Labute approximate surface area is 245 Å². The number of amides is 2. The number of hydrogen-bond donors (Lipinski definition) is 2. The Hall–Kier alpha value is -4.17. The molecule has 3 aliphatic rings. The lowest BCUT2D eigenvalue weighted by Gasteiger charge is -2.48. The van der Waals surface area contributed by atoms with Gasteiger partial charge in [-0.15, -0.1) is 0 Å². The van der Waals surface area contributed by atoms with E-state index in [0.29, 0.717) is 22.7 Å². The number of para-hydroxylation sites is 1. The number of ether oxygens (including phenoxy) is 1. The largest absolute Gasteiger partial charge is 0.507 e. The van der Waals surface area contributed by atoms with Gasteiger partial charge in [0.2, 0.25) is 0 Å². The molecule has 0 radical (unpaired) electrons. The first-order valence-electron chi connectivity index (χ1n) is 13.9. The van der Waals surface area contributed by atoms with Crippen LogP contribution in [0.25, 0.3) is 6.08 Å². The summed E-state index contributed by atoms with van der Waals surface area (Å²) in [4.78, 5) is 30.5. The van der Waals surface area contributed by atoms with Crippen LogP contribution in [0.4, 0.5) is 11.4 Å². The third-order valence-corrected chi connectivity index (χ3v) is 8.80. The van der Waals surface area contributed by atoms with Crippen molar-refractivity contribution >= 4 is 46.6 Å². The van der Waals surface area contributed by atoms with E-state index < -0.39 is 11.8 Å². The minimum atomic E-state index is -0.591. The van der Waals surface area contributed by atoms with Crippen LogP contribution in [0.2, 0.25) is 0 Å². The predicted octanol–water partition coefficient (Wildman–Crippen LogP) is 6.18. The number of phenols is 1. The molecule has 0 aromatic heterocycles. The highest BCUT2D eigenvalue weighted by molar-refractivity contribution is 7.80. The van der Waals surface area contributed by atoms with Crippen LogP contribution in [0, 0.1) is 0 Å². The fourth-order valence-corrected chi connectivity index (χ4v) is 6.32. The monoisotopic (exact) mass is 567 g/mol. The van der Waals surface area contributed by atoms with Crippen LogP contribution in [0.5, 0.6) is 17.2 Å². The van der Waals surface area contributed by atoms with Gasteiger partial charge in [0.1, 0.15) is 22.8 Å². The van der Waals surface area contributed by atoms with E-state index in [-0.39, 0.29) is 27.3 Å². The molecule has 7 nitrogen and oxygen atoms in total. The number of carbonyl (C=O) groups excluding carboxylic acids is 2. The summed E-state index contributed by atoms with van der Waals surface area (Å²) in [6.45, 7) is 10.6. The maximum Gasteiger partial charge on any atom is 0.270 e. The molecule has 41 heavy (non-hydrogen) atoms. The van der Waals surface area contributed by atoms with E-state index in [0.717, 1.165) is 42.7 Å². The molecule has 0 saturated carbocycles. The summed E-state index contributed by atoms with van der Waals surface area (Å²) in [5.74, 6) is 0.266. The highest BCUT2D eigenvalue weighted by Gasteiger charge is 2.43. The zero-order chi connectivity index (χ0) is 29.1. The molecule has 8 heteroatoms. The number of rotatable bonds is 4. The van der Waals surface area contributed by atoms with E-state index in [1.165, 1.54) is 11.0 Å². The van der Waals surface area contributed by atoms with Gasteiger partial charge >= 0.3 is 0 Å². The second-order valence-electron chi connectivity index (χ2n) is 12.2. The Morgan fingerprint density at radius 2 is 1.56 bits per heavy atom. The summed E-state index contributed by atoms with van der Waals surface area (Å²) in [5.41, 5.74) is 3.58. The van der Waals surface area contributed by atoms with Crippen LogP contribution in [0.3, 0.4) is 0 Å². The molecule has 1 fully saturated rings. The van der Waals surface area contributed by atoms with E-state index >= 15 is 0 Å². The van der Waals surface area contributed by atoms with E-state index in [1.54, 1.807) is 24.3 Å². The molecule has 3 heterocycles. The van der Waals surface area contributed by atoms with Crippen molar-refractivity contribution in [3.8, 4) is 17.2 Å². The number of carbonyl (C=O) groups is 2. The van der Waals surface area contributed by atoms with Crippen molar-refractivity contribution in [3.63, 3.8) is 0 Å². The lowest BCUT2D eigenvalue weighted by atomic mass is 9.68. The van der Waals surface area contributed by atoms with Gasteiger partial charge in [-0.3, -0.25) is 19.8 Å². The smallest absolute Gasteiger partial charge is 0.270 e. The van der Waals surface area contributed by atoms with Gasteiger partial charge < -0.3 is 14.7 Å². The minimum absolute atomic E-state index is 0.00320. The standard InChI is InChI=1S/C33H33N3O4S/c1-32(2)14-16-35-17-15-33(3,4)26-27(35)25(32)19-20(28(26)37)18-24-29(38)34-31(41)36(30(24)39)21-10-12-23(13-11-21)40-22-8-6-5-7-9-22/h5-13,18-19,37H,14-17H2,1-4H3,(H,34,38,41). The van der Waals surface area contributed by atoms with Gasteiger partial charge in [-0.25, -0.2) is 0 Å². The highest BCUT2D eigenvalue weighted by Crippen LogP contribution is 2.53. The topological polar surface area (TPSA) is 82.1 Å². The summed E-state index contributed by atoms with van der Waals surface area (Å²) >= 11 is 5.40. The summed E-state index contributed by atoms with van der Waals surface area (Å²) in [5, 5.41) is 14.3. The Kier molecular flexibility index (Phi) is 6.41. The van der Waals surface area contributed by atoms with Gasteiger partial charge in [-0.1, -0.05) is 45.9 Å². The molecule has 3 aromatic carbocycles. The molecule has 1 saturated heterocycles. The molecule has 2 N–H and O–H groups in total. The fourth-order valence-electron chi connectivity index (χ4n) is 6.04. The van der Waals surface area contributed by atoms with E-state index in [2.05, 4.69) is 37.9 Å². The molecular weight excluding hydrogens is 534 g/mol. The van der Waals surface area contributed by atoms with E-state index in [1.807, 2.05) is 36.4 Å². The average molecular weight is 568 g/mol. The summed E-state index contributed by atoms with van der Waals surface area (Å²) in [6, 6.07) is 18.3. The predicted molar refractivity (Wildman–Crippen MR) is 165 cm³/mol. The summed E-state index contributed by atoms with van der Waals surface area (Å²) < 4.78 is 5.87. The summed E-state index contributed by atoms with van der Waals surface area (Å²) in [6.07, 6.45) is 3.39. The fraction of sp³-hybridized carbons (Fsp3) is 0.303. The number of hydrogen-bond acceptors (Lipinski definition) is 6. The maximum absolute atomic E-state index is 13.8. The maximum atomic E-state index is 13.8.